The number of allylic oxidation sites excluding steroid dienone is 1. The van der Waals surface area contributed by atoms with Crippen LogP contribution in [0.2, 0.25) is 0 Å². The van der Waals surface area contributed by atoms with Crippen LogP contribution in [0.5, 0.6) is 0 Å². The van der Waals surface area contributed by atoms with E-state index in [9.17, 15) is 22.0 Å². The van der Waals surface area contributed by atoms with Gasteiger partial charge < -0.3 is 0 Å². The fourth-order valence-corrected chi connectivity index (χ4v) is 1.64. The summed E-state index contributed by atoms with van der Waals surface area (Å²) in [5.74, 6) is -4.88. The summed E-state index contributed by atoms with van der Waals surface area (Å²) < 4.78 is 62.5. The van der Waals surface area contributed by atoms with Crippen molar-refractivity contribution in [3.63, 3.8) is 0 Å². The lowest BCUT2D eigenvalue weighted by Gasteiger charge is -2.22. The lowest BCUT2D eigenvalue weighted by Crippen LogP contribution is -2.37. The predicted octanol–water partition coefficient (Wildman–Crippen LogP) is 4.62. The van der Waals surface area contributed by atoms with E-state index in [0.29, 0.717) is 4.99 Å². The molecule has 0 heterocycles. The third-order valence-corrected chi connectivity index (χ3v) is 2.35. The normalized spacial score (nSPS) is 14.0. The molecule has 0 spiro atoms. The minimum Gasteiger partial charge on any atom is -0.191 e. The largest absolute Gasteiger partial charge is 0.458 e. The van der Waals surface area contributed by atoms with Gasteiger partial charge in [-0.1, -0.05) is 46.3 Å². The number of halogens is 6. The van der Waals surface area contributed by atoms with Crippen LogP contribution in [0.25, 0.3) is 5.57 Å². The summed E-state index contributed by atoms with van der Waals surface area (Å²) in [5, 5.41) is 0. The predicted molar refractivity (Wildman–Crippen MR) is 54.3 cm³/mol. The Labute approximate surface area is 96.9 Å². The van der Waals surface area contributed by atoms with Crippen LogP contribution in [-0.2, 0) is 0 Å². The molecule has 0 unspecified atom stereocenters. The minimum absolute atomic E-state index is 0.179. The van der Waals surface area contributed by atoms with Crippen LogP contribution in [0, 0.1) is 0 Å². The molecule has 0 radical (unpaired) electrons. The molecule has 0 saturated heterocycles. The Morgan fingerprint density at radius 1 is 1.00 bits per heavy atom. The Hall–Kier alpha value is -0.910. The summed E-state index contributed by atoms with van der Waals surface area (Å²) in [5.41, 5.74) is -1.29. The summed E-state index contributed by atoms with van der Waals surface area (Å²) in [6.45, 7) is 0. The third-order valence-electron chi connectivity index (χ3n) is 1.89. The number of alkyl halides is 5. The molecular formula is C10H6BrF5. The van der Waals surface area contributed by atoms with Crippen LogP contribution in [0.1, 0.15) is 5.56 Å². The van der Waals surface area contributed by atoms with Crippen molar-refractivity contribution in [2.24, 2.45) is 0 Å². The molecule has 0 N–H and O–H groups in total. The number of rotatable bonds is 2. The number of benzene rings is 1. The molecule has 0 nitrogen and oxygen atoms in total. The van der Waals surface area contributed by atoms with E-state index in [1.807, 2.05) is 0 Å². The van der Waals surface area contributed by atoms with Gasteiger partial charge in [0, 0.05) is 5.57 Å². The van der Waals surface area contributed by atoms with Gasteiger partial charge in [0.1, 0.15) is 0 Å². The Balaban J connectivity index is 3.21. The lowest BCUT2D eigenvalue weighted by atomic mass is 10.0. The maximum atomic E-state index is 13.1. The quantitative estimate of drug-likeness (QED) is 0.699. The van der Waals surface area contributed by atoms with Crippen LogP contribution in [0.4, 0.5) is 22.0 Å². The summed E-state index contributed by atoms with van der Waals surface area (Å²) in [7, 11) is 0. The van der Waals surface area contributed by atoms with Gasteiger partial charge in [0.05, 0.1) is 0 Å². The molecule has 16 heavy (non-hydrogen) atoms. The smallest absolute Gasteiger partial charge is 0.191 e. The first-order chi connectivity index (χ1) is 7.30. The van der Waals surface area contributed by atoms with E-state index in [4.69, 9.17) is 0 Å². The molecule has 88 valence electrons. The minimum atomic E-state index is -5.61. The van der Waals surface area contributed by atoms with E-state index >= 15 is 0 Å². The molecule has 0 bridgehead atoms. The van der Waals surface area contributed by atoms with Crippen molar-refractivity contribution in [1.82, 2.24) is 0 Å². The zero-order valence-corrected chi connectivity index (χ0v) is 9.32. The van der Waals surface area contributed by atoms with Crippen molar-refractivity contribution in [3.05, 3.63) is 40.9 Å². The lowest BCUT2D eigenvalue weighted by molar-refractivity contribution is -0.253. The van der Waals surface area contributed by atoms with Crippen LogP contribution in [0.3, 0.4) is 0 Å². The molecule has 0 aromatic heterocycles. The van der Waals surface area contributed by atoms with E-state index in [1.54, 1.807) is 0 Å². The van der Waals surface area contributed by atoms with Gasteiger partial charge in [0.25, 0.3) is 0 Å². The van der Waals surface area contributed by atoms with E-state index in [1.165, 1.54) is 30.3 Å². The highest BCUT2D eigenvalue weighted by Crippen LogP contribution is 2.45. The summed E-state index contributed by atoms with van der Waals surface area (Å²) >= 11 is 2.54. The first kappa shape index (κ1) is 13.2. The maximum absolute atomic E-state index is 13.1. The molecular weight excluding hydrogens is 295 g/mol. The van der Waals surface area contributed by atoms with E-state index < -0.39 is 17.7 Å². The Morgan fingerprint density at radius 2 is 1.50 bits per heavy atom. The molecule has 1 aromatic rings. The van der Waals surface area contributed by atoms with Gasteiger partial charge in [0.2, 0.25) is 0 Å². The molecule has 0 saturated carbocycles. The second-order valence-electron chi connectivity index (χ2n) is 2.96. The van der Waals surface area contributed by atoms with E-state index in [-0.39, 0.29) is 5.56 Å². The SMILES string of the molecule is FC(F)(F)C(F)(F)C(=CBr)c1ccccc1. The van der Waals surface area contributed by atoms with Crippen LogP contribution in [0.15, 0.2) is 35.3 Å². The van der Waals surface area contributed by atoms with Gasteiger partial charge >= 0.3 is 12.1 Å². The van der Waals surface area contributed by atoms with Crippen molar-refractivity contribution >= 4 is 21.5 Å². The van der Waals surface area contributed by atoms with Crippen LogP contribution in [-0.4, -0.2) is 12.1 Å². The first-order valence-corrected chi connectivity index (χ1v) is 5.03. The maximum Gasteiger partial charge on any atom is 0.458 e. The van der Waals surface area contributed by atoms with Gasteiger partial charge in [-0.25, -0.2) is 0 Å². The molecule has 0 fully saturated rings. The summed E-state index contributed by atoms with van der Waals surface area (Å²) in [4.78, 5) is 0.593. The first-order valence-electron chi connectivity index (χ1n) is 4.11. The Kier molecular flexibility index (Phi) is 3.72. The van der Waals surface area contributed by atoms with Crippen molar-refractivity contribution < 1.29 is 22.0 Å². The molecule has 1 aromatic carbocycles. The molecule has 1 rings (SSSR count). The average Bonchev–Trinajstić information content (AvgIpc) is 2.18. The van der Waals surface area contributed by atoms with Crippen molar-refractivity contribution in [2.75, 3.05) is 0 Å². The molecule has 0 aliphatic carbocycles. The summed E-state index contributed by atoms with van der Waals surface area (Å²) in [6, 6.07) is 6.68. The van der Waals surface area contributed by atoms with Gasteiger partial charge in [-0.15, -0.1) is 0 Å². The van der Waals surface area contributed by atoms with Crippen LogP contribution < -0.4 is 0 Å². The van der Waals surface area contributed by atoms with Gasteiger partial charge in [0.15, 0.2) is 0 Å². The fourth-order valence-electron chi connectivity index (χ4n) is 1.08. The van der Waals surface area contributed by atoms with Gasteiger partial charge in [-0.2, -0.15) is 22.0 Å². The third kappa shape index (κ3) is 2.42. The molecule has 0 atom stereocenters. The zero-order chi connectivity index (χ0) is 12.4. The second kappa shape index (κ2) is 4.53. The molecule has 0 aliphatic rings. The number of hydrogen-bond donors (Lipinski definition) is 0. The fraction of sp³-hybridized carbons (Fsp3) is 0.200. The standard InChI is InChI=1S/C10H6BrF5/c11-6-8(7-4-2-1-3-5-7)9(12,13)10(14,15)16/h1-6H. The van der Waals surface area contributed by atoms with Gasteiger partial charge in [-0.05, 0) is 10.5 Å². The Bertz CT molecular complexity index is 380. The number of hydrogen-bond acceptors (Lipinski definition) is 0. The molecule has 0 aliphatic heterocycles. The van der Waals surface area contributed by atoms with Crippen molar-refractivity contribution in [3.8, 4) is 0 Å². The van der Waals surface area contributed by atoms with E-state index in [0.717, 1.165) is 0 Å². The highest BCUT2D eigenvalue weighted by Gasteiger charge is 2.60. The van der Waals surface area contributed by atoms with Gasteiger partial charge in [-0.3, -0.25) is 0 Å². The monoisotopic (exact) mass is 300 g/mol. The zero-order valence-electron chi connectivity index (χ0n) is 7.73. The molecule has 6 heteroatoms. The molecule has 0 amide bonds. The van der Waals surface area contributed by atoms with E-state index in [2.05, 4.69) is 15.9 Å². The van der Waals surface area contributed by atoms with Crippen molar-refractivity contribution in [2.45, 2.75) is 12.1 Å². The summed E-state index contributed by atoms with van der Waals surface area (Å²) in [6.07, 6.45) is -5.61. The topological polar surface area (TPSA) is 0 Å². The highest BCUT2D eigenvalue weighted by atomic mass is 79.9. The Morgan fingerprint density at radius 3 is 1.88 bits per heavy atom. The highest BCUT2D eigenvalue weighted by molar-refractivity contribution is 9.11. The average molecular weight is 301 g/mol. The second-order valence-corrected chi connectivity index (χ2v) is 3.42. The van der Waals surface area contributed by atoms with Crippen LogP contribution >= 0.6 is 15.9 Å². The van der Waals surface area contributed by atoms with Crippen molar-refractivity contribution in [1.29, 1.82) is 0 Å².